The summed E-state index contributed by atoms with van der Waals surface area (Å²) in [5.74, 6) is 0.812. The quantitative estimate of drug-likeness (QED) is 0.583. The zero-order chi connectivity index (χ0) is 16.2. The SMILES string of the molecule is COc1ccc(-c2ccccc2C(C=O)O[Si](C)(C)C)cc1. The lowest BCUT2D eigenvalue weighted by Gasteiger charge is -2.24. The van der Waals surface area contributed by atoms with Crippen LogP contribution in [0.3, 0.4) is 0 Å². The van der Waals surface area contributed by atoms with Crippen LogP contribution in [-0.2, 0) is 9.22 Å². The third-order valence-electron chi connectivity index (χ3n) is 3.27. The highest BCUT2D eigenvalue weighted by Crippen LogP contribution is 2.31. The number of methoxy groups -OCH3 is 1. The molecule has 0 radical (unpaired) electrons. The van der Waals surface area contributed by atoms with Gasteiger partial charge in [-0.15, -0.1) is 0 Å². The summed E-state index contributed by atoms with van der Waals surface area (Å²) < 4.78 is 11.2. The zero-order valence-corrected chi connectivity index (χ0v) is 14.5. The van der Waals surface area contributed by atoms with Crippen LogP contribution in [0.2, 0.25) is 19.6 Å². The molecule has 0 spiro atoms. The number of rotatable bonds is 6. The van der Waals surface area contributed by atoms with Gasteiger partial charge in [0.05, 0.1) is 7.11 Å². The maximum absolute atomic E-state index is 11.5. The van der Waals surface area contributed by atoms with Crippen LogP contribution in [0.15, 0.2) is 48.5 Å². The number of carbonyl (C=O) groups excluding carboxylic acids is 1. The predicted octanol–water partition coefficient (Wildman–Crippen LogP) is 4.45. The Balaban J connectivity index is 2.42. The second kappa shape index (κ2) is 6.90. The summed E-state index contributed by atoms with van der Waals surface area (Å²) in [6, 6.07) is 15.7. The Kier molecular flexibility index (Phi) is 5.16. The van der Waals surface area contributed by atoms with E-state index < -0.39 is 14.4 Å². The summed E-state index contributed by atoms with van der Waals surface area (Å²) in [5, 5.41) is 0. The predicted molar refractivity (Wildman–Crippen MR) is 91.7 cm³/mol. The summed E-state index contributed by atoms with van der Waals surface area (Å²) in [6.07, 6.45) is 0.366. The Morgan fingerprint density at radius 3 is 2.18 bits per heavy atom. The van der Waals surface area contributed by atoms with E-state index in [0.717, 1.165) is 28.7 Å². The highest BCUT2D eigenvalue weighted by Gasteiger charge is 2.24. The lowest BCUT2D eigenvalue weighted by Crippen LogP contribution is -2.28. The monoisotopic (exact) mass is 314 g/mol. The minimum absolute atomic E-state index is 0.523. The summed E-state index contributed by atoms with van der Waals surface area (Å²) in [7, 11) is -0.168. The highest BCUT2D eigenvalue weighted by atomic mass is 28.4. The molecule has 0 aliphatic heterocycles. The lowest BCUT2D eigenvalue weighted by molar-refractivity contribution is -0.114. The van der Waals surface area contributed by atoms with Gasteiger partial charge in [-0.3, -0.25) is 0 Å². The van der Waals surface area contributed by atoms with Crippen LogP contribution in [-0.4, -0.2) is 21.7 Å². The van der Waals surface area contributed by atoms with Crippen molar-refractivity contribution in [3.8, 4) is 16.9 Å². The minimum atomic E-state index is -1.81. The number of aldehydes is 1. The van der Waals surface area contributed by atoms with E-state index in [4.69, 9.17) is 9.16 Å². The van der Waals surface area contributed by atoms with Crippen molar-refractivity contribution in [1.82, 2.24) is 0 Å². The first-order valence-corrected chi connectivity index (χ1v) is 10.7. The molecule has 2 aromatic carbocycles. The van der Waals surface area contributed by atoms with Gasteiger partial charge in [-0.1, -0.05) is 36.4 Å². The molecule has 1 atom stereocenters. The van der Waals surface area contributed by atoms with Crippen molar-refractivity contribution < 1.29 is 14.0 Å². The molecular weight excluding hydrogens is 292 g/mol. The molecule has 2 aromatic rings. The molecule has 116 valence electrons. The molecule has 0 N–H and O–H groups in total. The van der Waals surface area contributed by atoms with E-state index in [1.165, 1.54) is 0 Å². The third-order valence-corrected chi connectivity index (χ3v) is 4.23. The first-order valence-electron chi connectivity index (χ1n) is 7.31. The molecule has 0 aromatic heterocycles. The smallest absolute Gasteiger partial charge is 0.185 e. The van der Waals surface area contributed by atoms with E-state index in [1.807, 2.05) is 48.5 Å². The largest absolute Gasteiger partial charge is 0.497 e. The molecule has 0 amide bonds. The van der Waals surface area contributed by atoms with Crippen molar-refractivity contribution in [3.05, 3.63) is 54.1 Å². The molecule has 2 rings (SSSR count). The number of ether oxygens (including phenoxy) is 1. The van der Waals surface area contributed by atoms with Crippen LogP contribution < -0.4 is 4.74 Å². The summed E-state index contributed by atoms with van der Waals surface area (Å²) in [6.45, 7) is 6.25. The van der Waals surface area contributed by atoms with Crippen LogP contribution in [0.1, 0.15) is 11.7 Å². The van der Waals surface area contributed by atoms with E-state index in [9.17, 15) is 4.79 Å². The summed E-state index contributed by atoms with van der Waals surface area (Å²) in [5.41, 5.74) is 2.97. The third kappa shape index (κ3) is 4.05. The van der Waals surface area contributed by atoms with Gasteiger partial charge >= 0.3 is 0 Å². The average Bonchev–Trinajstić information content (AvgIpc) is 2.52. The van der Waals surface area contributed by atoms with Crippen molar-refractivity contribution >= 4 is 14.6 Å². The average molecular weight is 314 g/mol. The minimum Gasteiger partial charge on any atom is -0.497 e. The molecule has 0 aliphatic carbocycles. The van der Waals surface area contributed by atoms with Crippen LogP contribution in [0.5, 0.6) is 5.75 Å². The van der Waals surface area contributed by atoms with E-state index in [1.54, 1.807) is 7.11 Å². The molecule has 3 nitrogen and oxygen atoms in total. The van der Waals surface area contributed by atoms with E-state index in [2.05, 4.69) is 19.6 Å². The number of benzene rings is 2. The van der Waals surface area contributed by atoms with Crippen molar-refractivity contribution in [3.63, 3.8) is 0 Å². The molecule has 0 bridgehead atoms. The van der Waals surface area contributed by atoms with Gasteiger partial charge in [0.25, 0.3) is 0 Å². The van der Waals surface area contributed by atoms with E-state index in [0.29, 0.717) is 0 Å². The Morgan fingerprint density at radius 1 is 1.00 bits per heavy atom. The summed E-state index contributed by atoms with van der Waals surface area (Å²) in [4.78, 5) is 11.5. The molecule has 4 heteroatoms. The van der Waals surface area contributed by atoms with E-state index >= 15 is 0 Å². The molecule has 0 fully saturated rings. The fraction of sp³-hybridized carbons (Fsp3) is 0.278. The molecule has 0 saturated heterocycles. The standard InChI is InChI=1S/C18H22O3Si/c1-20-15-11-9-14(10-12-15)16-7-5-6-8-17(16)18(13-19)21-22(2,3)4/h5-13,18H,1-4H3. The van der Waals surface area contributed by atoms with Gasteiger partial charge < -0.3 is 14.0 Å². The first kappa shape index (κ1) is 16.5. The Labute approximate surface area is 133 Å². The van der Waals surface area contributed by atoms with Gasteiger partial charge in [0.15, 0.2) is 14.6 Å². The Hall–Kier alpha value is -1.91. The van der Waals surface area contributed by atoms with Crippen molar-refractivity contribution in [2.24, 2.45) is 0 Å². The molecule has 0 aliphatic rings. The zero-order valence-electron chi connectivity index (χ0n) is 13.5. The number of hydrogen-bond donors (Lipinski definition) is 0. The molecule has 1 unspecified atom stereocenters. The second-order valence-electron chi connectivity index (χ2n) is 6.10. The normalized spacial score (nSPS) is 12.7. The van der Waals surface area contributed by atoms with Crippen LogP contribution >= 0.6 is 0 Å². The van der Waals surface area contributed by atoms with Gasteiger partial charge in [-0.25, -0.2) is 0 Å². The van der Waals surface area contributed by atoms with Gasteiger partial charge in [0.1, 0.15) is 11.9 Å². The van der Waals surface area contributed by atoms with Crippen LogP contribution in [0, 0.1) is 0 Å². The lowest BCUT2D eigenvalue weighted by atomic mass is 9.96. The van der Waals surface area contributed by atoms with Gasteiger partial charge in [0, 0.05) is 0 Å². The summed E-state index contributed by atoms with van der Waals surface area (Å²) >= 11 is 0. The molecule has 0 saturated carbocycles. The number of hydrogen-bond acceptors (Lipinski definition) is 3. The molecule has 22 heavy (non-hydrogen) atoms. The first-order chi connectivity index (χ1) is 10.4. The maximum Gasteiger partial charge on any atom is 0.185 e. The molecule has 0 heterocycles. The fourth-order valence-electron chi connectivity index (χ4n) is 2.32. The van der Waals surface area contributed by atoms with Crippen molar-refractivity contribution in [1.29, 1.82) is 0 Å². The molecular formula is C18H22O3Si. The highest BCUT2D eigenvalue weighted by molar-refractivity contribution is 6.69. The van der Waals surface area contributed by atoms with Gasteiger partial charge in [-0.2, -0.15) is 0 Å². The van der Waals surface area contributed by atoms with Gasteiger partial charge in [0.2, 0.25) is 0 Å². The Morgan fingerprint density at radius 2 is 1.64 bits per heavy atom. The van der Waals surface area contributed by atoms with Crippen molar-refractivity contribution in [2.75, 3.05) is 7.11 Å². The van der Waals surface area contributed by atoms with Gasteiger partial charge in [-0.05, 0) is 48.5 Å². The number of carbonyl (C=O) groups is 1. The van der Waals surface area contributed by atoms with E-state index in [-0.39, 0.29) is 0 Å². The van der Waals surface area contributed by atoms with Crippen LogP contribution in [0.25, 0.3) is 11.1 Å². The fourth-order valence-corrected chi connectivity index (χ4v) is 3.27. The van der Waals surface area contributed by atoms with Crippen molar-refractivity contribution in [2.45, 2.75) is 25.7 Å². The maximum atomic E-state index is 11.5. The Bertz CT molecular complexity index is 630. The second-order valence-corrected chi connectivity index (χ2v) is 10.6. The topological polar surface area (TPSA) is 35.5 Å². The van der Waals surface area contributed by atoms with Crippen LogP contribution in [0.4, 0.5) is 0 Å².